The molecule has 14 rings (SSSR count). The van der Waals surface area contributed by atoms with Crippen LogP contribution in [0.25, 0.3) is 49.8 Å². The molecule has 0 N–H and O–H groups in total. The quantitative estimate of drug-likeness (QED) is 0.162. The SMILES string of the molecule is CC(C)(C)c1cc2c3c(c1)c1oc4ccccc4c1n3-c1cc(N3c4ccc(-c5ccccc5)cc4C4(C)CCCCC34C)cc3c1B2c1cccc2c1N3C1(C)CCCCC21C. The number of anilines is 4. The molecule has 2 aliphatic carbocycles. The van der Waals surface area contributed by atoms with Crippen molar-refractivity contribution in [2.75, 3.05) is 9.80 Å². The smallest absolute Gasteiger partial charge is 0.252 e. The van der Waals surface area contributed by atoms with Crippen LogP contribution in [-0.4, -0.2) is 22.4 Å². The molecule has 6 aromatic carbocycles. The van der Waals surface area contributed by atoms with Crippen LogP contribution in [0.15, 0.2) is 120 Å². The molecule has 2 aromatic heterocycles. The van der Waals surface area contributed by atoms with Crippen LogP contribution < -0.4 is 26.2 Å². The largest absolute Gasteiger partial charge is 0.454 e. The Bertz CT molecular complexity index is 3330. The van der Waals surface area contributed by atoms with Crippen LogP contribution in [0, 0.1) is 0 Å². The lowest BCUT2D eigenvalue weighted by atomic mass is 9.33. The zero-order valence-electron chi connectivity index (χ0n) is 38.0. The van der Waals surface area contributed by atoms with Gasteiger partial charge in [-0.25, -0.2) is 0 Å². The topological polar surface area (TPSA) is 24.6 Å². The van der Waals surface area contributed by atoms with Crippen molar-refractivity contribution < 1.29 is 4.42 Å². The average Bonchev–Trinajstić information content (AvgIpc) is 3.94. The van der Waals surface area contributed by atoms with Crippen LogP contribution >= 0.6 is 0 Å². The van der Waals surface area contributed by atoms with Gasteiger partial charge in [0.15, 0.2) is 5.58 Å². The van der Waals surface area contributed by atoms with Gasteiger partial charge >= 0.3 is 0 Å². The average molecular weight is 822 g/mol. The molecule has 312 valence electrons. The highest BCUT2D eigenvalue weighted by atomic mass is 16.3. The number of para-hydroxylation sites is 2. The van der Waals surface area contributed by atoms with Gasteiger partial charge in [-0.05, 0) is 132 Å². The van der Waals surface area contributed by atoms with E-state index in [2.05, 4.69) is 178 Å². The van der Waals surface area contributed by atoms with Crippen molar-refractivity contribution in [2.45, 2.75) is 127 Å². The van der Waals surface area contributed by atoms with Crippen molar-refractivity contribution in [1.29, 1.82) is 0 Å². The summed E-state index contributed by atoms with van der Waals surface area (Å²) in [7, 11) is 0. The number of fused-ring (bicyclic) bond motifs is 15. The number of nitrogens with zero attached hydrogens (tertiary/aromatic N) is 3. The first kappa shape index (κ1) is 36.8. The van der Waals surface area contributed by atoms with Gasteiger partial charge in [-0.3, -0.25) is 0 Å². The number of hydrogen-bond acceptors (Lipinski definition) is 3. The number of furan rings is 1. The Morgan fingerprint density at radius 1 is 0.556 bits per heavy atom. The van der Waals surface area contributed by atoms with Crippen molar-refractivity contribution in [3.63, 3.8) is 0 Å². The van der Waals surface area contributed by atoms with Crippen molar-refractivity contribution in [1.82, 2.24) is 4.57 Å². The summed E-state index contributed by atoms with van der Waals surface area (Å²) in [4.78, 5) is 5.75. The predicted molar refractivity (Wildman–Crippen MR) is 265 cm³/mol. The van der Waals surface area contributed by atoms with E-state index in [4.69, 9.17) is 4.42 Å². The molecule has 4 unspecified atom stereocenters. The maximum absolute atomic E-state index is 7.03. The molecule has 0 saturated heterocycles. The van der Waals surface area contributed by atoms with Gasteiger partial charge in [0, 0.05) is 50.0 Å². The summed E-state index contributed by atoms with van der Waals surface area (Å²) in [6.07, 6.45) is 9.78. The van der Waals surface area contributed by atoms with E-state index in [0.717, 1.165) is 17.6 Å². The lowest BCUT2D eigenvalue weighted by Gasteiger charge is -2.53. The third-order valence-corrected chi connectivity index (χ3v) is 18.4. The first-order valence-corrected chi connectivity index (χ1v) is 24.0. The third kappa shape index (κ3) is 4.23. The standard InChI is InChI=1S/C58H56BN3O/c1-54(2,3)37-31-40-50-44(32-37)59-43-22-17-21-41-52(43)62(58(7)29-16-13-26-55(41,58)4)47-34-38(33-46(49(47)59)60(50)51-39-20-11-12-23-48(39)63-53(40)51)61-45-25-24-36(35-18-9-8-10-19-35)30-42(45)56(5)27-14-15-28-57(56,61)6/h8-12,17-25,30-34H,13-16,26-29H2,1-7H3. The Morgan fingerprint density at radius 2 is 1.25 bits per heavy atom. The minimum absolute atomic E-state index is 0.00687. The van der Waals surface area contributed by atoms with E-state index in [0.29, 0.717) is 0 Å². The summed E-state index contributed by atoms with van der Waals surface area (Å²) in [6.45, 7) is 17.6. The minimum Gasteiger partial charge on any atom is -0.454 e. The van der Waals surface area contributed by atoms with Gasteiger partial charge in [-0.1, -0.05) is 133 Å². The molecule has 0 spiro atoms. The van der Waals surface area contributed by atoms with E-state index >= 15 is 0 Å². The van der Waals surface area contributed by atoms with Crippen LogP contribution in [-0.2, 0) is 16.2 Å². The molecule has 6 aliphatic rings. The molecular formula is C58H56BN3O. The zero-order chi connectivity index (χ0) is 42.6. The molecule has 2 fully saturated rings. The first-order chi connectivity index (χ1) is 30.4. The highest BCUT2D eigenvalue weighted by molar-refractivity contribution is 7.00. The fraction of sp³-hybridized carbons (Fsp3) is 0.345. The molecule has 63 heavy (non-hydrogen) atoms. The maximum Gasteiger partial charge on any atom is 0.252 e. The van der Waals surface area contributed by atoms with E-state index in [1.165, 1.54) is 134 Å². The van der Waals surface area contributed by atoms with E-state index in [1.807, 2.05) is 0 Å². The Morgan fingerprint density at radius 3 is 2.03 bits per heavy atom. The van der Waals surface area contributed by atoms with Crippen LogP contribution in [0.3, 0.4) is 0 Å². The highest BCUT2D eigenvalue weighted by Crippen LogP contribution is 2.64. The van der Waals surface area contributed by atoms with Crippen LogP contribution in [0.2, 0.25) is 0 Å². The number of benzene rings is 6. The first-order valence-electron chi connectivity index (χ1n) is 24.0. The summed E-state index contributed by atoms with van der Waals surface area (Å²) in [5.74, 6) is 0. The summed E-state index contributed by atoms with van der Waals surface area (Å²) >= 11 is 0. The Labute approximate surface area is 372 Å². The Kier molecular flexibility index (Phi) is 6.84. The van der Waals surface area contributed by atoms with Gasteiger partial charge in [0.05, 0.1) is 16.6 Å². The van der Waals surface area contributed by atoms with Gasteiger partial charge in [0.25, 0.3) is 6.71 Å². The van der Waals surface area contributed by atoms with E-state index in [9.17, 15) is 0 Å². The molecule has 4 nitrogen and oxygen atoms in total. The molecule has 4 atom stereocenters. The number of aromatic nitrogens is 1. The zero-order valence-corrected chi connectivity index (χ0v) is 38.0. The van der Waals surface area contributed by atoms with E-state index < -0.39 is 0 Å². The van der Waals surface area contributed by atoms with E-state index in [1.54, 1.807) is 5.56 Å². The maximum atomic E-state index is 7.03. The van der Waals surface area contributed by atoms with Crippen LogP contribution in [0.5, 0.6) is 0 Å². The highest BCUT2D eigenvalue weighted by Gasteiger charge is 2.62. The number of rotatable bonds is 2. The Balaban J connectivity index is 1.14. The van der Waals surface area contributed by atoms with Crippen molar-refractivity contribution >= 4 is 78.8 Å². The molecule has 8 aromatic rings. The summed E-state index contributed by atoms with van der Waals surface area (Å²) in [5.41, 5.74) is 22.6. The molecule has 5 heteroatoms. The predicted octanol–water partition coefficient (Wildman–Crippen LogP) is 13.1. The molecule has 0 radical (unpaired) electrons. The van der Waals surface area contributed by atoms with Gasteiger partial charge in [-0.15, -0.1) is 0 Å². The molecular weight excluding hydrogens is 765 g/mol. The fourth-order valence-electron chi connectivity index (χ4n) is 14.8. The fourth-order valence-corrected chi connectivity index (χ4v) is 14.8. The Hall–Kier alpha value is -5.68. The van der Waals surface area contributed by atoms with Crippen molar-refractivity contribution in [3.05, 3.63) is 132 Å². The van der Waals surface area contributed by atoms with Gasteiger partial charge in [0.1, 0.15) is 11.1 Å². The minimum atomic E-state index is -0.104. The molecule has 6 heterocycles. The second-order valence-electron chi connectivity index (χ2n) is 22.3. The van der Waals surface area contributed by atoms with Crippen molar-refractivity contribution in [3.8, 4) is 16.8 Å². The lowest BCUT2D eigenvalue weighted by Crippen LogP contribution is -2.64. The van der Waals surface area contributed by atoms with Crippen LogP contribution in [0.1, 0.15) is 117 Å². The summed E-state index contributed by atoms with van der Waals surface area (Å²) in [6, 6.07) is 44.9. The number of hydrogen-bond donors (Lipinski definition) is 0. The lowest BCUT2D eigenvalue weighted by molar-refractivity contribution is 0.194. The second-order valence-corrected chi connectivity index (χ2v) is 22.3. The van der Waals surface area contributed by atoms with Crippen molar-refractivity contribution in [2.24, 2.45) is 0 Å². The van der Waals surface area contributed by atoms with Gasteiger partial charge in [0.2, 0.25) is 0 Å². The third-order valence-electron chi connectivity index (χ3n) is 18.4. The monoisotopic (exact) mass is 821 g/mol. The molecule has 0 bridgehead atoms. The van der Waals surface area contributed by atoms with E-state index in [-0.39, 0.29) is 34.0 Å². The van der Waals surface area contributed by atoms with Gasteiger partial charge in [-0.2, -0.15) is 0 Å². The molecule has 0 amide bonds. The second kappa shape index (κ2) is 11.7. The normalized spacial score (nSPS) is 26.3. The molecule has 4 aliphatic heterocycles. The summed E-state index contributed by atoms with van der Waals surface area (Å²) < 4.78 is 9.70. The summed E-state index contributed by atoms with van der Waals surface area (Å²) in [5, 5.41) is 2.42. The van der Waals surface area contributed by atoms with Crippen LogP contribution in [0.4, 0.5) is 22.7 Å². The molecule has 2 saturated carbocycles. The van der Waals surface area contributed by atoms with Gasteiger partial charge < -0.3 is 18.8 Å².